The molecule has 0 fully saturated rings. The molecule has 1 atom stereocenters. The summed E-state index contributed by atoms with van der Waals surface area (Å²) in [5.74, 6) is 0.832. The molecule has 0 aliphatic carbocycles. The van der Waals surface area contributed by atoms with E-state index in [1.807, 2.05) is 13.8 Å². The molecule has 0 aromatic heterocycles. The number of carbonyl (C=O) groups is 2. The van der Waals surface area contributed by atoms with Gasteiger partial charge in [0, 0.05) is 19.7 Å². The van der Waals surface area contributed by atoms with E-state index in [1.54, 1.807) is 26.2 Å². The predicted octanol–water partition coefficient (Wildman–Crippen LogP) is 1.31. The van der Waals surface area contributed by atoms with Crippen LogP contribution in [0.15, 0.2) is 12.1 Å². The molecule has 1 aromatic carbocycles. The number of rotatable bonds is 5. The van der Waals surface area contributed by atoms with Crippen LogP contribution in [0.2, 0.25) is 0 Å². The number of amides is 2. The van der Waals surface area contributed by atoms with Crippen molar-refractivity contribution in [3.8, 4) is 17.2 Å². The average Bonchev–Trinajstić information content (AvgIpc) is 2.57. The van der Waals surface area contributed by atoms with Crippen LogP contribution in [-0.4, -0.2) is 57.2 Å². The third-order valence-corrected chi connectivity index (χ3v) is 3.75. The zero-order valence-electron chi connectivity index (χ0n) is 14.7. The van der Waals surface area contributed by atoms with Gasteiger partial charge in [-0.25, -0.2) is 0 Å². The molecule has 2 rings (SSSR count). The predicted molar refractivity (Wildman–Crippen MR) is 88.8 cm³/mol. The zero-order valence-corrected chi connectivity index (χ0v) is 14.7. The van der Waals surface area contributed by atoms with Crippen molar-refractivity contribution in [2.24, 2.45) is 5.92 Å². The molecule has 24 heavy (non-hydrogen) atoms. The van der Waals surface area contributed by atoms with Crippen molar-refractivity contribution in [1.29, 1.82) is 0 Å². The molecular weight excluding hydrogens is 312 g/mol. The Balaban J connectivity index is 2.27. The van der Waals surface area contributed by atoms with Crippen molar-refractivity contribution in [2.75, 3.05) is 34.4 Å². The van der Waals surface area contributed by atoms with E-state index in [9.17, 15) is 9.59 Å². The van der Waals surface area contributed by atoms with Crippen LogP contribution in [0.3, 0.4) is 0 Å². The average molecular weight is 336 g/mol. The van der Waals surface area contributed by atoms with Crippen LogP contribution in [0.1, 0.15) is 24.2 Å². The van der Waals surface area contributed by atoms with Gasteiger partial charge < -0.3 is 24.4 Å². The number of benzene rings is 1. The second-order valence-corrected chi connectivity index (χ2v) is 6.13. The van der Waals surface area contributed by atoms with E-state index in [2.05, 4.69) is 5.32 Å². The van der Waals surface area contributed by atoms with Crippen LogP contribution in [0.25, 0.3) is 0 Å². The highest BCUT2D eigenvalue weighted by Crippen LogP contribution is 2.40. The van der Waals surface area contributed by atoms with Crippen LogP contribution in [-0.2, 0) is 4.79 Å². The summed E-state index contributed by atoms with van der Waals surface area (Å²) >= 11 is 0. The second kappa shape index (κ2) is 7.42. The van der Waals surface area contributed by atoms with Crippen molar-refractivity contribution in [3.63, 3.8) is 0 Å². The first-order chi connectivity index (χ1) is 11.3. The molecule has 1 aliphatic heterocycles. The highest BCUT2D eigenvalue weighted by Gasteiger charge is 2.27. The first-order valence-electron chi connectivity index (χ1n) is 7.84. The van der Waals surface area contributed by atoms with Crippen LogP contribution < -0.4 is 19.5 Å². The Morgan fingerprint density at radius 1 is 1.21 bits per heavy atom. The molecule has 0 unspecified atom stereocenters. The molecule has 0 spiro atoms. The summed E-state index contributed by atoms with van der Waals surface area (Å²) in [7, 11) is 4.83. The van der Waals surface area contributed by atoms with E-state index in [0.29, 0.717) is 36.0 Å². The van der Waals surface area contributed by atoms with Gasteiger partial charge in [0.05, 0.1) is 7.11 Å². The molecule has 132 valence electrons. The lowest BCUT2D eigenvalue weighted by molar-refractivity contribution is -0.131. The van der Waals surface area contributed by atoms with Crippen molar-refractivity contribution in [3.05, 3.63) is 17.7 Å². The van der Waals surface area contributed by atoms with Crippen molar-refractivity contribution in [1.82, 2.24) is 10.2 Å². The number of ether oxygens (including phenoxy) is 3. The number of hydrogen-bond acceptors (Lipinski definition) is 5. The summed E-state index contributed by atoms with van der Waals surface area (Å²) in [6.07, 6.45) is 0. The van der Waals surface area contributed by atoms with Crippen LogP contribution in [0, 0.1) is 5.92 Å². The number of methoxy groups -OCH3 is 1. The third-order valence-electron chi connectivity index (χ3n) is 3.75. The van der Waals surface area contributed by atoms with Gasteiger partial charge in [0.1, 0.15) is 19.3 Å². The first kappa shape index (κ1) is 17.9. The monoisotopic (exact) mass is 336 g/mol. The maximum atomic E-state index is 12.6. The number of likely N-dealkylation sites (N-methyl/N-ethyl adjacent to an activating group) is 1. The standard InChI is InChI=1S/C17H24N2O5/c1-10(2)14(17(21)19(3)4)18-16(20)11-8-12(22-5)15-13(9-11)23-6-7-24-15/h8-10,14H,6-7H2,1-5H3,(H,18,20)/t14-/m0/s1. The Morgan fingerprint density at radius 3 is 2.46 bits per heavy atom. The van der Waals surface area contributed by atoms with E-state index in [0.717, 1.165) is 0 Å². The molecule has 0 saturated heterocycles. The largest absolute Gasteiger partial charge is 0.493 e. The Bertz CT molecular complexity index is 610. The Morgan fingerprint density at radius 2 is 1.88 bits per heavy atom. The molecule has 0 bridgehead atoms. The van der Waals surface area contributed by atoms with Gasteiger partial charge >= 0.3 is 0 Å². The Labute approximate surface area is 141 Å². The Kier molecular flexibility index (Phi) is 5.54. The van der Waals surface area contributed by atoms with E-state index < -0.39 is 6.04 Å². The summed E-state index contributed by atoms with van der Waals surface area (Å²) in [6.45, 7) is 4.62. The van der Waals surface area contributed by atoms with Gasteiger partial charge in [0.15, 0.2) is 11.5 Å². The smallest absolute Gasteiger partial charge is 0.252 e. The van der Waals surface area contributed by atoms with Crippen LogP contribution in [0.4, 0.5) is 0 Å². The SMILES string of the molecule is COc1cc(C(=O)N[C@H](C(=O)N(C)C)C(C)C)cc2c1OCCO2. The molecule has 0 saturated carbocycles. The fourth-order valence-corrected chi connectivity index (χ4v) is 2.42. The fourth-order valence-electron chi connectivity index (χ4n) is 2.42. The number of nitrogens with one attached hydrogen (secondary N) is 1. The normalized spacial score (nSPS) is 14.1. The Hall–Kier alpha value is -2.44. The van der Waals surface area contributed by atoms with E-state index in [4.69, 9.17) is 14.2 Å². The summed E-state index contributed by atoms with van der Waals surface area (Å²) in [5, 5.41) is 2.79. The number of fused-ring (bicyclic) bond motifs is 1. The van der Waals surface area contributed by atoms with Gasteiger partial charge in [-0.2, -0.15) is 0 Å². The molecule has 1 heterocycles. The lowest BCUT2D eigenvalue weighted by Crippen LogP contribution is -2.49. The minimum absolute atomic E-state index is 0.0389. The van der Waals surface area contributed by atoms with Gasteiger partial charge in [0.2, 0.25) is 11.7 Å². The van der Waals surface area contributed by atoms with Crippen molar-refractivity contribution < 1.29 is 23.8 Å². The van der Waals surface area contributed by atoms with Crippen LogP contribution >= 0.6 is 0 Å². The van der Waals surface area contributed by atoms with Crippen LogP contribution in [0.5, 0.6) is 17.2 Å². The molecule has 7 nitrogen and oxygen atoms in total. The topological polar surface area (TPSA) is 77.1 Å². The number of carbonyl (C=O) groups excluding carboxylic acids is 2. The molecule has 7 heteroatoms. The summed E-state index contributed by atoms with van der Waals surface area (Å²) in [5.41, 5.74) is 0.355. The summed E-state index contributed by atoms with van der Waals surface area (Å²) in [6, 6.07) is 2.58. The maximum Gasteiger partial charge on any atom is 0.252 e. The lowest BCUT2D eigenvalue weighted by atomic mass is 10.0. The van der Waals surface area contributed by atoms with Gasteiger partial charge in [-0.1, -0.05) is 13.8 Å². The number of hydrogen-bond donors (Lipinski definition) is 1. The summed E-state index contributed by atoms with van der Waals surface area (Å²) < 4.78 is 16.3. The van der Waals surface area contributed by atoms with Gasteiger partial charge in [-0.15, -0.1) is 0 Å². The second-order valence-electron chi connectivity index (χ2n) is 6.13. The zero-order chi connectivity index (χ0) is 17.9. The van der Waals surface area contributed by atoms with E-state index in [1.165, 1.54) is 12.0 Å². The molecule has 1 N–H and O–H groups in total. The quantitative estimate of drug-likeness (QED) is 0.877. The fraction of sp³-hybridized carbons (Fsp3) is 0.529. The van der Waals surface area contributed by atoms with Gasteiger partial charge in [-0.05, 0) is 18.1 Å². The van der Waals surface area contributed by atoms with Crippen molar-refractivity contribution >= 4 is 11.8 Å². The van der Waals surface area contributed by atoms with E-state index in [-0.39, 0.29) is 17.7 Å². The van der Waals surface area contributed by atoms with Gasteiger partial charge in [-0.3, -0.25) is 9.59 Å². The minimum Gasteiger partial charge on any atom is -0.493 e. The maximum absolute atomic E-state index is 12.6. The molecule has 0 radical (unpaired) electrons. The molecule has 1 aromatic rings. The first-order valence-corrected chi connectivity index (χ1v) is 7.84. The lowest BCUT2D eigenvalue weighted by Gasteiger charge is -2.25. The molecular formula is C17H24N2O5. The molecule has 2 amide bonds. The summed E-state index contributed by atoms with van der Waals surface area (Å²) in [4.78, 5) is 26.3. The van der Waals surface area contributed by atoms with Crippen molar-refractivity contribution in [2.45, 2.75) is 19.9 Å². The molecule has 1 aliphatic rings. The number of nitrogens with zero attached hydrogens (tertiary/aromatic N) is 1. The third kappa shape index (κ3) is 3.72. The minimum atomic E-state index is -0.605. The van der Waals surface area contributed by atoms with E-state index >= 15 is 0 Å². The highest BCUT2D eigenvalue weighted by atomic mass is 16.6. The highest BCUT2D eigenvalue weighted by molar-refractivity contribution is 5.98. The van der Waals surface area contributed by atoms with Gasteiger partial charge in [0.25, 0.3) is 5.91 Å².